The molecule has 4 heterocycles. The first kappa shape index (κ1) is 62.3. The zero-order chi connectivity index (χ0) is 55.9. The second kappa shape index (κ2) is 26.4. The summed E-state index contributed by atoms with van der Waals surface area (Å²) in [5.41, 5.74) is -2.32. The summed E-state index contributed by atoms with van der Waals surface area (Å²) in [6.07, 6.45) is -8.42. The third kappa shape index (κ3) is 14.6. The van der Waals surface area contributed by atoms with Crippen molar-refractivity contribution >= 4 is 17.7 Å². The fraction of sp³-hybridized carbons (Fsp3) is 0.796. The molecule has 19 atom stereocenters. The van der Waals surface area contributed by atoms with Gasteiger partial charge in [0.15, 0.2) is 12.6 Å². The highest BCUT2D eigenvalue weighted by Gasteiger charge is 2.52. The molecule has 21 heteroatoms. The molecule has 1 aromatic carbocycles. The quantitative estimate of drug-likeness (QED) is 0.155. The van der Waals surface area contributed by atoms with Gasteiger partial charge < -0.3 is 68.1 Å². The predicted molar refractivity (Wildman–Crippen MR) is 273 cm³/mol. The number of aliphatic hydroxyl groups excluding tert-OH is 3. The van der Waals surface area contributed by atoms with Crippen LogP contribution in [0.15, 0.2) is 30.5 Å². The Labute approximate surface area is 442 Å². The SMILES string of the molecule is CC[C@H]1OC(=O)[C@H](C)[C@@H](O[C@H]2C[C@@](C)(OC)[C@@H](O)[C@H](C)O2)C[C@@H](O[C@@H]2O[C@H](C)C[C@H](N(C)CCc3cn([C@H](CF)[C@H](OC)c4ccc(CC(=O)N(C)C)cc4)nn3)[C@H]2O)[C@](C)(OC)C[C@@H](C)C(=O)[C@H](C)[C@@H](O)[C@]1(C)O. The van der Waals surface area contributed by atoms with E-state index in [1.165, 1.54) is 44.8 Å². The maximum Gasteiger partial charge on any atom is 0.311 e. The number of Topliss-reactive ketones (excluding diaryl/α,β-unsaturated/α-hetero) is 1. The Morgan fingerprint density at radius 3 is 2.15 bits per heavy atom. The van der Waals surface area contributed by atoms with E-state index in [4.69, 9.17) is 37.9 Å². The number of methoxy groups -OCH3 is 3. The van der Waals surface area contributed by atoms with Gasteiger partial charge in [-0.3, -0.25) is 14.4 Å². The third-order valence-corrected chi connectivity index (χ3v) is 16.3. The van der Waals surface area contributed by atoms with Crippen molar-refractivity contribution in [3.8, 4) is 0 Å². The van der Waals surface area contributed by atoms with Gasteiger partial charge in [0.05, 0.1) is 59.8 Å². The smallest absolute Gasteiger partial charge is 0.311 e. The van der Waals surface area contributed by atoms with E-state index in [1.54, 1.807) is 61.8 Å². The molecule has 3 aliphatic rings. The van der Waals surface area contributed by atoms with Crippen LogP contribution in [0.1, 0.15) is 123 Å². The van der Waals surface area contributed by atoms with E-state index in [1.807, 2.05) is 43.1 Å². The Morgan fingerprint density at radius 2 is 1.56 bits per heavy atom. The number of ketones is 1. The monoisotopic (exact) mass is 1070 g/mol. The van der Waals surface area contributed by atoms with Crippen LogP contribution in [-0.4, -0.2) is 203 Å². The minimum Gasteiger partial charge on any atom is -0.459 e. The molecule has 20 nitrogen and oxygen atoms in total. The molecule has 3 saturated heterocycles. The molecule has 5 rings (SSSR count). The van der Waals surface area contributed by atoms with Crippen molar-refractivity contribution in [1.29, 1.82) is 0 Å². The minimum absolute atomic E-state index is 0.0366. The van der Waals surface area contributed by atoms with Crippen LogP contribution in [0.3, 0.4) is 0 Å². The van der Waals surface area contributed by atoms with Gasteiger partial charge in [-0.25, -0.2) is 9.07 Å². The van der Waals surface area contributed by atoms with Crippen LogP contribution in [-0.2, 0) is 65.1 Å². The number of rotatable bonds is 18. The molecular formula is C54H88FN5O15. The number of hydrogen-bond acceptors (Lipinski definition) is 18. The lowest BCUT2D eigenvalue weighted by Gasteiger charge is -2.48. The topological polar surface area (TPSA) is 243 Å². The highest BCUT2D eigenvalue weighted by atomic mass is 19.1. The van der Waals surface area contributed by atoms with E-state index >= 15 is 0 Å². The molecular weight excluding hydrogens is 978 g/mol. The molecule has 1 aromatic heterocycles. The fourth-order valence-corrected chi connectivity index (χ4v) is 10.9. The van der Waals surface area contributed by atoms with Crippen LogP contribution < -0.4 is 0 Å². The van der Waals surface area contributed by atoms with Crippen LogP contribution in [0.25, 0.3) is 0 Å². The number of esters is 1. The Hall–Kier alpha value is -3.58. The van der Waals surface area contributed by atoms with E-state index in [0.717, 1.165) is 5.56 Å². The largest absolute Gasteiger partial charge is 0.459 e. The summed E-state index contributed by atoms with van der Waals surface area (Å²) in [6, 6.07) is 5.96. The average Bonchev–Trinajstić information content (AvgIpc) is 3.85. The number of nitrogens with zero attached hydrogens (tertiary/aromatic N) is 5. The number of cyclic esters (lactones) is 1. The number of likely N-dealkylation sites (N-methyl/N-ethyl adjacent to an activating group) is 2. The normalized spacial score (nSPS) is 37.4. The molecule has 426 valence electrons. The van der Waals surface area contributed by atoms with Crippen LogP contribution in [0.4, 0.5) is 4.39 Å². The summed E-state index contributed by atoms with van der Waals surface area (Å²) < 4.78 is 66.4. The lowest BCUT2D eigenvalue weighted by atomic mass is 9.76. The molecule has 75 heavy (non-hydrogen) atoms. The summed E-state index contributed by atoms with van der Waals surface area (Å²) in [6.45, 7) is 14.6. The minimum atomic E-state index is -2.02. The van der Waals surface area contributed by atoms with Gasteiger partial charge in [0.25, 0.3) is 0 Å². The number of ether oxygens (including phenoxy) is 8. The van der Waals surface area contributed by atoms with Gasteiger partial charge in [-0.1, -0.05) is 50.3 Å². The maximum atomic E-state index is 14.9. The number of aliphatic hydroxyl groups is 4. The summed E-state index contributed by atoms with van der Waals surface area (Å²) in [4.78, 5) is 44.3. The van der Waals surface area contributed by atoms with Gasteiger partial charge in [0.1, 0.15) is 48.5 Å². The lowest BCUT2D eigenvalue weighted by molar-refractivity contribution is -0.309. The van der Waals surface area contributed by atoms with E-state index in [2.05, 4.69) is 10.3 Å². The van der Waals surface area contributed by atoms with E-state index < -0.39 is 127 Å². The Balaban J connectivity index is 1.41. The summed E-state index contributed by atoms with van der Waals surface area (Å²) in [5.74, 6) is -4.07. The van der Waals surface area contributed by atoms with Gasteiger partial charge in [-0.15, -0.1) is 5.10 Å². The van der Waals surface area contributed by atoms with Crippen LogP contribution in [0.2, 0.25) is 0 Å². The predicted octanol–water partition coefficient (Wildman–Crippen LogP) is 3.93. The molecule has 0 aliphatic carbocycles. The first-order chi connectivity index (χ1) is 35.2. The van der Waals surface area contributed by atoms with Gasteiger partial charge >= 0.3 is 5.97 Å². The first-order valence-corrected chi connectivity index (χ1v) is 26.4. The van der Waals surface area contributed by atoms with Crippen molar-refractivity contribution in [2.75, 3.05) is 55.7 Å². The van der Waals surface area contributed by atoms with Crippen LogP contribution in [0.5, 0.6) is 0 Å². The standard InChI is InChI=1S/C54H88FN5O15/c1-16-41-54(9,67)48(64)33(5)45(62)30(2)26-52(7,69-14)42(25-40(32(4)50(66)74-41)73-44-27-53(8,70-15)49(65)34(6)72-44)75-51-46(63)38(23-31(3)71-51)59(12)22-21-37-29-60(57-56-37)39(28-55)47(68-13)36-19-17-35(18-20-36)24-43(61)58(10)11/h17-20,29-34,38-42,44,46-49,51,63-65,67H,16,21-28H2,1-15H3/t30-,31-,32-,33+,34+,38+,39-,40+,41-,42-,44+,46-,47-,48-,49+,51+,52-,53-,54-/m1/s1. The molecule has 0 radical (unpaired) electrons. The molecule has 0 spiro atoms. The zero-order valence-electron chi connectivity index (χ0n) is 46.9. The maximum absolute atomic E-state index is 14.9. The number of aromatic nitrogens is 3. The number of alkyl halides is 1. The number of benzene rings is 1. The Kier molecular flexibility index (Phi) is 21.9. The fourth-order valence-electron chi connectivity index (χ4n) is 10.9. The summed E-state index contributed by atoms with van der Waals surface area (Å²) >= 11 is 0. The number of amides is 1. The molecule has 0 unspecified atom stereocenters. The number of halogens is 1. The highest BCUT2D eigenvalue weighted by molar-refractivity contribution is 5.83. The number of carbonyl (C=O) groups excluding carboxylic acids is 3. The first-order valence-electron chi connectivity index (χ1n) is 26.4. The van der Waals surface area contributed by atoms with Crippen molar-refractivity contribution in [2.24, 2.45) is 17.8 Å². The molecule has 4 N–H and O–H groups in total. The zero-order valence-corrected chi connectivity index (χ0v) is 46.9. The molecule has 0 saturated carbocycles. The van der Waals surface area contributed by atoms with Crippen molar-refractivity contribution in [2.45, 2.75) is 204 Å². The van der Waals surface area contributed by atoms with E-state index in [-0.39, 0.29) is 43.8 Å². The number of hydrogen-bond donors (Lipinski definition) is 4. The Bertz CT molecular complexity index is 2150. The van der Waals surface area contributed by atoms with Crippen LogP contribution >= 0.6 is 0 Å². The third-order valence-electron chi connectivity index (χ3n) is 16.3. The van der Waals surface area contributed by atoms with Gasteiger partial charge in [0.2, 0.25) is 5.91 Å². The lowest BCUT2D eigenvalue weighted by Crippen LogP contribution is -2.60. The van der Waals surface area contributed by atoms with Crippen molar-refractivity contribution in [3.63, 3.8) is 0 Å². The molecule has 3 aliphatic heterocycles. The van der Waals surface area contributed by atoms with E-state index in [0.29, 0.717) is 30.6 Å². The van der Waals surface area contributed by atoms with Crippen molar-refractivity contribution in [3.05, 3.63) is 47.3 Å². The van der Waals surface area contributed by atoms with Crippen molar-refractivity contribution < 1.29 is 77.1 Å². The molecule has 1 amide bonds. The van der Waals surface area contributed by atoms with Crippen molar-refractivity contribution in [1.82, 2.24) is 24.8 Å². The molecule has 0 bridgehead atoms. The second-order valence-corrected chi connectivity index (χ2v) is 22.2. The number of carbonyl (C=O) groups is 3. The Morgan fingerprint density at radius 1 is 0.907 bits per heavy atom. The van der Waals surface area contributed by atoms with Gasteiger partial charge in [-0.05, 0) is 79.0 Å². The van der Waals surface area contributed by atoms with Gasteiger partial charge in [0, 0.05) is 85.3 Å². The summed E-state index contributed by atoms with van der Waals surface area (Å²) in [5, 5.41) is 55.4. The van der Waals surface area contributed by atoms with Crippen LogP contribution in [0, 0.1) is 17.8 Å². The summed E-state index contributed by atoms with van der Waals surface area (Å²) in [7, 11) is 9.73. The second-order valence-electron chi connectivity index (χ2n) is 22.2. The van der Waals surface area contributed by atoms with Gasteiger partial charge in [-0.2, -0.15) is 0 Å². The molecule has 2 aromatic rings. The molecule has 3 fully saturated rings. The average molecular weight is 1070 g/mol. The highest BCUT2D eigenvalue weighted by Crippen LogP contribution is 2.40. The van der Waals surface area contributed by atoms with E-state index in [9.17, 15) is 39.2 Å².